The van der Waals surface area contributed by atoms with E-state index in [0.717, 1.165) is 25.9 Å². The van der Waals surface area contributed by atoms with Crippen molar-refractivity contribution in [3.63, 3.8) is 0 Å². The van der Waals surface area contributed by atoms with Gasteiger partial charge < -0.3 is 19.9 Å². The van der Waals surface area contributed by atoms with Crippen molar-refractivity contribution in [2.24, 2.45) is 5.73 Å². The van der Waals surface area contributed by atoms with Crippen molar-refractivity contribution in [1.82, 2.24) is 0 Å². The first kappa shape index (κ1) is 36.5. The molecule has 2 N–H and O–H groups in total. The first-order valence-electron chi connectivity index (χ1n) is 17.4. The molecule has 42 heavy (non-hydrogen) atoms. The van der Waals surface area contributed by atoms with Gasteiger partial charge in [-0.3, -0.25) is 0 Å². The monoisotopic (exact) mass is 581 g/mol. The Balaban J connectivity index is 1.47. The Morgan fingerprint density at radius 1 is 0.524 bits per heavy atom. The average molecular weight is 582 g/mol. The molecular formula is C38H63NO3. The summed E-state index contributed by atoms with van der Waals surface area (Å²) in [7, 11) is 0. The van der Waals surface area contributed by atoms with E-state index >= 15 is 0 Å². The lowest BCUT2D eigenvalue weighted by molar-refractivity contribution is -0.0133. The van der Waals surface area contributed by atoms with Crippen molar-refractivity contribution in [1.29, 1.82) is 0 Å². The standard InChI is InChI=1S/C38H63NO3/c1-2-3-4-5-6-7-8-9-10-11-12-13-14-15-16-23-30-41-34-37(39)38(42-33-36-27-21-18-22-28-36)29-24-31-40-32-35-25-19-17-20-26-35/h17-22,25-28,37-38H,2-16,23-24,29-34,39H2,1H3. The number of hydrogen-bond donors (Lipinski definition) is 1. The summed E-state index contributed by atoms with van der Waals surface area (Å²) in [5.74, 6) is 0. The van der Waals surface area contributed by atoms with Crippen molar-refractivity contribution in [3.8, 4) is 0 Å². The smallest absolute Gasteiger partial charge is 0.0753 e. The molecule has 0 saturated heterocycles. The van der Waals surface area contributed by atoms with Gasteiger partial charge in [-0.05, 0) is 30.4 Å². The van der Waals surface area contributed by atoms with Gasteiger partial charge in [0, 0.05) is 13.2 Å². The predicted octanol–water partition coefficient (Wildman–Crippen LogP) is 10.2. The highest BCUT2D eigenvalue weighted by Gasteiger charge is 2.19. The van der Waals surface area contributed by atoms with Gasteiger partial charge in [0.25, 0.3) is 0 Å². The van der Waals surface area contributed by atoms with Crippen LogP contribution in [0.25, 0.3) is 0 Å². The number of hydrogen-bond acceptors (Lipinski definition) is 4. The molecule has 0 radical (unpaired) electrons. The Morgan fingerprint density at radius 3 is 1.50 bits per heavy atom. The molecule has 238 valence electrons. The van der Waals surface area contributed by atoms with E-state index in [-0.39, 0.29) is 12.1 Å². The second kappa shape index (κ2) is 26.9. The zero-order chi connectivity index (χ0) is 29.8. The SMILES string of the molecule is CCCCCCCCCCCCCCCCCCOCC(N)C(CCCOCc1ccccc1)OCc1ccccc1. The maximum absolute atomic E-state index is 6.57. The van der Waals surface area contributed by atoms with Gasteiger partial charge in [-0.15, -0.1) is 0 Å². The molecule has 4 nitrogen and oxygen atoms in total. The van der Waals surface area contributed by atoms with Gasteiger partial charge in [0.2, 0.25) is 0 Å². The molecular weight excluding hydrogens is 518 g/mol. The topological polar surface area (TPSA) is 53.7 Å². The van der Waals surface area contributed by atoms with E-state index in [0.29, 0.717) is 26.4 Å². The third kappa shape index (κ3) is 20.2. The molecule has 0 aliphatic heterocycles. The number of rotatable bonds is 29. The predicted molar refractivity (Wildman–Crippen MR) is 179 cm³/mol. The van der Waals surface area contributed by atoms with Crippen LogP contribution < -0.4 is 5.73 Å². The fourth-order valence-electron chi connectivity index (χ4n) is 5.43. The van der Waals surface area contributed by atoms with Crippen molar-refractivity contribution in [2.45, 2.75) is 148 Å². The summed E-state index contributed by atoms with van der Waals surface area (Å²) in [6.07, 6.45) is 23.9. The Kier molecular flexibility index (Phi) is 23.3. The van der Waals surface area contributed by atoms with Gasteiger partial charge in [0.15, 0.2) is 0 Å². The fraction of sp³-hybridized carbons (Fsp3) is 0.684. The molecule has 0 amide bonds. The largest absolute Gasteiger partial charge is 0.380 e. The number of benzene rings is 2. The number of ether oxygens (including phenoxy) is 3. The van der Waals surface area contributed by atoms with E-state index < -0.39 is 0 Å². The molecule has 0 bridgehead atoms. The van der Waals surface area contributed by atoms with Gasteiger partial charge in [-0.25, -0.2) is 0 Å². The third-order valence-electron chi connectivity index (χ3n) is 8.13. The Hall–Kier alpha value is -1.72. The summed E-state index contributed by atoms with van der Waals surface area (Å²) in [4.78, 5) is 0. The Morgan fingerprint density at radius 2 is 0.976 bits per heavy atom. The van der Waals surface area contributed by atoms with Crippen LogP contribution in [0.15, 0.2) is 60.7 Å². The van der Waals surface area contributed by atoms with E-state index in [1.807, 2.05) is 36.4 Å². The van der Waals surface area contributed by atoms with Crippen molar-refractivity contribution in [2.75, 3.05) is 19.8 Å². The molecule has 0 heterocycles. The highest BCUT2D eigenvalue weighted by atomic mass is 16.5. The molecule has 0 aliphatic rings. The molecule has 0 saturated carbocycles. The average Bonchev–Trinajstić information content (AvgIpc) is 3.02. The van der Waals surface area contributed by atoms with Gasteiger partial charge in [0.1, 0.15) is 0 Å². The highest BCUT2D eigenvalue weighted by molar-refractivity contribution is 5.14. The van der Waals surface area contributed by atoms with E-state index in [2.05, 4.69) is 31.2 Å². The minimum Gasteiger partial charge on any atom is -0.380 e. The Labute approximate surface area is 259 Å². The van der Waals surface area contributed by atoms with Crippen molar-refractivity contribution < 1.29 is 14.2 Å². The molecule has 2 aromatic rings. The van der Waals surface area contributed by atoms with Crippen LogP contribution in [0, 0.1) is 0 Å². The van der Waals surface area contributed by atoms with Crippen molar-refractivity contribution in [3.05, 3.63) is 71.8 Å². The summed E-state index contributed by atoms with van der Waals surface area (Å²) in [5, 5.41) is 0. The van der Waals surface area contributed by atoms with E-state index in [9.17, 15) is 0 Å². The van der Waals surface area contributed by atoms with Gasteiger partial charge in [-0.2, -0.15) is 0 Å². The molecule has 2 unspecified atom stereocenters. The molecule has 0 spiro atoms. The van der Waals surface area contributed by atoms with Gasteiger partial charge in [0.05, 0.1) is 32.0 Å². The second-order valence-electron chi connectivity index (χ2n) is 12.1. The molecule has 0 aliphatic carbocycles. The fourth-order valence-corrected chi connectivity index (χ4v) is 5.43. The van der Waals surface area contributed by atoms with Crippen LogP contribution in [0.4, 0.5) is 0 Å². The normalized spacial score (nSPS) is 12.9. The van der Waals surface area contributed by atoms with Crippen LogP contribution in [0.2, 0.25) is 0 Å². The van der Waals surface area contributed by atoms with Crippen LogP contribution in [0.5, 0.6) is 0 Å². The quantitative estimate of drug-likeness (QED) is 0.0971. The lowest BCUT2D eigenvalue weighted by atomic mass is 10.0. The molecule has 2 atom stereocenters. The summed E-state index contributed by atoms with van der Waals surface area (Å²) in [5.41, 5.74) is 8.94. The molecule has 0 aromatic heterocycles. The van der Waals surface area contributed by atoms with E-state index in [1.54, 1.807) is 0 Å². The summed E-state index contributed by atoms with van der Waals surface area (Å²) < 4.78 is 18.2. The maximum Gasteiger partial charge on any atom is 0.0753 e. The van der Waals surface area contributed by atoms with Crippen LogP contribution in [0.1, 0.15) is 134 Å². The number of nitrogens with two attached hydrogens (primary N) is 1. The minimum atomic E-state index is -0.135. The van der Waals surface area contributed by atoms with E-state index in [4.69, 9.17) is 19.9 Å². The van der Waals surface area contributed by atoms with Gasteiger partial charge >= 0.3 is 0 Å². The Bertz CT molecular complexity index is 816. The molecule has 4 heteroatoms. The van der Waals surface area contributed by atoms with Crippen LogP contribution >= 0.6 is 0 Å². The van der Waals surface area contributed by atoms with Crippen LogP contribution in [-0.2, 0) is 27.4 Å². The lowest BCUT2D eigenvalue weighted by Gasteiger charge is -2.24. The lowest BCUT2D eigenvalue weighted by Crippen LogP contribution is -2.40. The maximum atomic E-state index is 6.57. The van der Waals surface area contributed by atoms with Crippen LogP contribution in [0.3, 0.4) is 0 Å². The van der Waals surface area contributed by atoms with Crippen LogP contribution in [-0.4, -0.2) is 32.0 Å². The minimum absolute atomic E-state index is 0.0451. The number of unbranched alkanes of at least 4 members (excludes halogenated alkanes) is 15. The first-order valence-corrected chi connectivity index (χ1v) is 17.4. The summed E-state index contributed by atoms with van der Waals surface area (Å²) in [6.45, 7) is 5.54. The van der Waals surface area contributed by atoms with Crippen molar-refractivity contribution >= 4 is 0 Å². The molecule has 2 aromatic carbocycles. The van der Waals surface area contributed by atoms with E-state index in [1.165, 1.54) is 107 Å². The van der Waals surface area contributed by atoms with Gasteiger partial charge in [-0.1, -0.05) is 164 Å². The highest BCUT2D eigenvalue weighted by Crippen LogP contribution is 2.15. The summed E-state index contributed by atoms with van der Waals surface area (Å²) in [6, 6.07) is 20.5. The third-order valence-corrected chi connectivity index (χ3v) is 8.13. The zero-order valence-electron chi connectivity index (χ0n) is 27.0. The zero-order valence-corrected chi connectivity index (χ0v) is 27.0. The second-order valence-corrected chi connectivity index (χ2v) is 12.1. The first-order chi connectivity index (χ1) is 20.8. The summed E-state index contributed by atoms with van der Waals surface area (Å²) >= 11 is 0. The molecule has 0 fully saturated rings. The molecule has 2 rings (SSSR count).